The van der Waals surface area contributed by atoms with Gasteiger partial charge in [0.1, 0.15) is 11.6 Å². The van der Waals surface area contributed by atoms with Gasteiger partial charge in [-0.3, -0.25) is 4.79 Å². The van der Waals surface area contributed by atoms with Gasteiger partial charge >= 0.3 is 0 Å². The van der Waals surface area contributed by atoms with Gasteiger partial charge in [-0.15, -0.1) is 10.2 Å². The Bertz CT molecular complexity index is 963. The maximum atomic E-state index is 12.9. The Kier molecular flexibility index (Phi) is 6.57. The number of halogens is 1. The van der Waals surface area contributed by atoms with Crippen LogP contribution in [0.1, 0.15) is 11.1 Å². The summed E-state index contributed by atoms with van der Waals surface area (Å²) in [5.74, 6) is 1.63. The van der Waals surface area contributed by atoms with E-state index >= 15 is 0 Å². The average Bonchev–Trinajstić information content (AvgIpc) is 2.74. The van der Waals surface area contributed by atoms with E-state index in [0.29, 0.717) is 35.2 Å². The van der Waals surface area contributed by atoms with Crippen LogP contribution in [0.3, 0.4) is 0 Å². The van der Waals surface area contributed by atoms with E-state index in [2.05, 4.69) is 20.8 Å². The largest absolute Gasteiger partial charge is 0.493 e. The zero-order chi connectivity index (χ0) is 20.6. The van der Waals surface area contributed by atoms with E-state index < -0.39 is 0 Å². The normalized spacial score (nSPS) is 10.3. The van der Waals surface area contributed by atoms with Crippen LogP contribution in [0.2, 0.25) is 0 Å². The van der Waals surface area contributed by atoms with Crippen LogP contribution in [0.15, 0.2) is 54.6 Å². The molecule has 2 N–H and O–H groups in total. The molecule has 7 nitrogen and oxygen atoms in total. The first kappa shape index (κ1) is 20.1. The summed E-state index contributed by atoms with van der Waals surface area (Å²) >= 11 is 0. The third kappa shape index (κ3) is 5.65. The van der Waals surface area contributed by atoms with Crippen molar-refractivity contribution in [1.82, 2.24) is 10.2 Å². The second-order valence-electron chi connectivity index (χ2n) is 6.20. The molecule has 0 fully saturated rings. The number of carbonyl (C=O) groups is 1. The average molecular weight is 396 g/mol. The van der Waals surface area contributed by atoms with Crippen LogP contribution >= 0.6 is 0 Å². The molecule has 1 heterocycles. The summed E-state index contributed by atoms with van der Waals surface area (Å²) in [6.45, 7) is 0.519. The Labute approximate surface area is 167 Å². The number of rotatable bonds is 8. The lowest BCUT2D eigenvalue weighted by Crippen LogP contribution is -2.16. The topological polar surface area (TPSA) is 85.4 Å². The molecule has 0 atom stereocenters. The van der Waals surface area contributed by atoms with Crippen molar-refractivity contribution in [3.63, 3.8) is 0 Å². The van der Waals surface area contributed by atoms with E-state index in [0.717, 1.165) is 5.56 Å². The molecular weight excluding hydrogens is 375 g/mol. The lowest BCUT2D eigenvalue weighted by atomic mass is 10.1. The molecule has 2 aromatic carbocycles. The number of carbonyl (C=O) groups excluding carboxylic acids is 1. The first-order valence-electron chi connectivity index (χ1n) is 8.90. The van der Waals surface area contributed by atoms with Crippen molar-refractivity contribution in [3.8, 4) is 11.5 Å². The van der Waals surface area contributed by atoms with Crippen molar-refractivity contribution in [2.75, 3.05) is 24.9 Å². The highest BCUT2D eigenvalue weighted by molar-refractivity contribution is 5.91. The second kappa shape index (κ2) is 9.50. The van der Waals surface area contributed by atoms with Gasteiger partial charge in [-0.05, 0) is 47.5 Å². The van der Waals surface area contributed by atoms with Crippen LogP contribution in [-0.2, 0) is 17.8 Å². The lowest BCUT2D eigenvalue weighted by Gasteiger charge is -2.10. The third-order valence-electron chi connectivity index (χ3n) is 4.13. The minimum atomic E-state index is -0.337. The van der Waals surface area contributed by atoms with Gasteiger partial charge in [0, 0.05) is 6.54 Å². The van der Waals surface area contributed by atoms with Crippen LogP contribution in [0.25, 0.3) is 0 Å². The number of nitrogens with one attached hydrogen (secondary N) is 2. The van der Waals surface area contributed by atoms with Gasteiger partial charge in [-0.25, -0.2) is 4.39 Å². The minimum Gasteiger partial charge on any atom is -0.493 e. The predicted molar refractivity (Wildman–Crippen MR) is 108 cm³/mol. The predicted octanol–water partition coefficient (Wildman–Crippen LogP) is 3.43. The molecule has 1 aromatic heterocycles. The highest BCUT2D eigenvalue weighted by Gasteiger charge is 2.07. The number of hydrogen-bond acceptors (Lipinski definition) is 6. The van der Waals surface area contributed by atoms with Gasteiger partial charge in [0.25, 0.3) is 0 Å². The summed E-state index contributed by atoms with van der Waals surface area (Å²) in [6.07, 6.45) is 0.126. The second-order valence-corrected chi connectivity index (χ2v) is 6.20. The maximum absolute atomic E-state index is 12.9. The van der Waals surface area contributed by atoms with E-state index in [9.17, 15) is 9.18 Å². The van der Waals surface area contributed by atoms with Gasteiger partial charge < -0.3 is 20.1 Å². The fourth-order valence-corrected chi connectivity index (χ4v) is 2.65. The van der Waals surface area contributed by atoms with Crippen LogP contribution in [0.4, 0.5) is 16.0 Å². The molecule has 0 bridgehead atoms. The summed E-state index contributed by atoms with van der Waals surface area (Å²) in [5, 5.41) is 13.9. The molecule has 0 radical (unpaired) electrons. The molecule has 3 aromatic rings. The Morgan fingerprint density at radius 1 is 0.897 bits per heavy atom. The van der Waals surface area contributed by atoms with Gasteiger partial charge in [-0.1, -0.05) is 18.2 Å². The van der Waals surface area contributed by atoms with Gasteiger partial charge in [0.2, 0.25) is 5.91 Å². The summed E-state index contributed by atoms with van der Waals surface area (Å²) in [5.41, 5.74) is 1.70. The van der Waals surface area contributed by atoms with Crippen molar-refractivity contribution in [3.05, 3.63) is 71.5 Å². The van der Waals surface area contributed by atoms with Crippen molar-refractivity contribution in [1.29, 1.82) is 0 Å². The molecule has 0 saturated heterocycles. The standard InChI is InChI=1S/C21H21FN4O3/c1-28-17-8-5-15(11-18(17)29-2)13-23-19-9-10-20(26-25-19)24-21(27)12-14-3-6-16(22)7-4-14/h3-11H,12-13H2,1-2H3,(H,23,25)(H,24,26,27). The Balaban J connectivity index is 1.53. The summed E-state index contributed by atoms with van der Waals surface area (Å²) < 4.78 is 23.4. The van der Waals surface area contributed by atoms with Crippen molar-refractivity contribution >= 4 is 17.5 Å². The summed E-state index contributed by atoms with van der Waals surface area (Å²) in [4.78, 5) is 12.1. The molecule has 0 aliphatic carbocycles. The van der Waals surface area contributed by atoms with Crippen molar-refractivity contribution < 1.29 is 18.7 Å². The smallest absolute Gasteiger partial charge is 0.229 e. The van der Waals surface area contributed by atoms with Crippen LogP contribution in [0.5, 0.6) is 11.5 Å². The SMILES string of the molecule is COc1ccc(CNc2ccc(NC(=O)Cc3ccc(F)cc3)nn2)cc1OC. The van der Waals surface area contributed by atoms with Crippen LogP contribution in [-0.4, -0.2) is 30.3 Å². The van der Waals surface area contributed by atoms with Gasteiger partial charge in [0.05, 0.1) is 20.6 Å². The number of methoxy groups -OCH3 is 2. The number of benzene rings is 2. The molecule has 0 aliphatic heterocycles. The molecule has 0 unspecified atom stereocenters. The first-order chi connectivity index (χ1) is 14.1. The minimum absolute atomic E-state index is 0.126. The van der Waals surface area contributed by atoms with E-state index in [4.69, 9.17) is 9.47 Å². The monoisotopic (exact) mass is 396 g/mol. The molecule has 150 valence electrons. The molecule has 29 heavy (non-hydrogen) atoms. The Morgan fingerprint density at radius 2 is 1.55 bits per heavy atom. The van der Waals surface area contributed by atoms with Crippen molar-refractivity contribution in [2.24, 2.45) is 0 Å². The number of aromatic nitrogens is 2. The molecule has 3 rings (SSSR count). The fourth-order valence-electron chi connectivity index (χ4n) is 2.65. The maximum Gasteiger partial charge on any atom is 0.229 e. The van der Waals surface area contributed by atoms with E-state index in [1.165, 1.54) is 12.1 Å². The molecule has 0 aliphatic rings. The quantitative estimate of drug-likeness (QED) is 0.607. The first-order valence-corrected chi connectivity index (χ1v) is 8.90. The van der Waals surface area contributed by atoms with Crippen LogP contribution < -0.4 is 20.1 Å². The molecular formula is C21H21FN4O3. The molecule has 1 amide bonds. The number of ether oxygens (including phenoxy) is 2. The van der Waals surface area contributed by atoms with Crippen LogP contribution in [0, 0.1) is 5.82 Å². The molecule has 8 heteroatoms. The highest BCUT2D eigenvalue weighted by atomic mass is 19.1. The number of anilines is 2. The lowest BCUT2D eigenvalue weighted by molar-refractivity contribution is -0.115. The summed E-state index contributed by atoms with van der Waals surface area (Å²) in [7, 11) is 3.18. The Morgan fingerprint density at radius 3 is 2.21 bits per heavy atom. The highest BCUT2D eigenvalue weighted by Crippen LogP contribution is 2.27. The zero-order valence-corrected chi connectivity index (χ0v) is 16.1. The Hall–Kier alpha value is -3.68. The van der Waals surface area contributed by atoms with Gasteiger partial charge in [0.15, 0.2) is 17.3 Å². The summed E-state index contributed by atoms with van der Waals surface area (Å²) in [6, 6.07) is 14.8. The van der Waals surface area contributed by atoms with E-state index in [-0.39, 0.29) is 18.1 Å². The molecule has 0 saturated carbocycles. The number of amides is 1. The number of hydrogen-bond donors (Lipinski definition) is 2. The van der Waals surface area contributed by atoms with E-state index in [1.54, 1.807) is 38.5 Å². The zero-order valence-electron chi connectivity index (χ0n) is 16.1. The number of nitrogens with zero attached hydrogens (tertiary/aromatic N) is 2. The fraction of sp³-hybridized carbons (Fsp3) is 0.190. The molecule has 0 spiro atoms. The van der Waals surface area contributed by atoms with E-state index in [1.807, 2.05) is 18.2 Å². The van der Waals surface area contributed by atoms with Crippen molar-refractivity contribution in [2.45, 2.75) is 13.0 Å². The third-order valence-corrected chi connectivity index (χ3v) is 4.13. The van der Waals surface area contributed by atoms with Gasteiger partial charge in [-0.2, -0.15) is 0 Å².